The van der Waals surface area contributed by atoms with Crippen molar-refractivity contribution in [1.82, 2.24) is 19.9 Å². The van der Waals surface area contributed by atoms with Crippen LogP contribution in [0, 0.1) is 5.82 Å². The zero-order valence-electron chi connectivity index (χ0n) is 19.3. The third kappa shape index (κ3) is 4.69. The topological polar surface area (TPSA) is 106 Å². The molecule has 5 rings (SSSR count). The Kier molecular flexibility index (Phi) is 5.87. The maximum atomic E-state index is 13.9. The van der Waals surface area contributed by atoms with Crippen LogP contribution >= 0.6 is 0 Å². The summed E-state index contributed by atoms with van der Waals surface area (Å²) < 4.78 is 13.9. The first kappa shape index (κ1) is 22.5. The summed E-state index contributed by atoms with van der Waals surface area (Å²) in [4.78, 5) is 39.9. The number of hydrogen-bond acceptors (Lipinski definition) is 7. The van der Waals surface area contributed by atoms with Crippen LogP contribution < -0.4 is 21.1 Å². The SMILES string of the molecule is CN(C)CC(=O)N1CCc2cc(Nc3nccc(Nc4cc5cccc(F)c5[nH]c4=O)n3)ccc21. The summed E-state index contributed by atoms with van der Waals surface area (Å²) in [5.41, 5.74) is 2.74. The molecule has 4 aromatic rings. The van der Waals surface area contributed by atoms with Crippen LogP contribution in [0.2, 0.25) is 0 Å². The molecule has 1 aliphatic heterocycles. The Morgan fingerprint density at radius 2 is 2.03 bits per heavy atom. The van der Waals surface area contributed by atoms with E-state index in [2.05, 4.69) is 25.6 Å². The number of benzene rings is 2. The number of para-hydroxylation sites is 1. The molecule has 3 N–H and O–H groups in total. The van der Waals surface area contributed by atoms with Gasteiger partial charge < -0.3 is 25.4 Å². The highest BCUT2D eigenvalue weighted by Crippen LogP contribution is 2.31. The Hall–Kier alpha value is -4.31. The molecular formula is C25H24FN7O2. The number of H-pyrrole nitrogens is 1. The van der Waals surface area contributed by atoms with Gasteiger partial charge in [0.1, 0.15) is 17.3 Å². The van der Waals surface area contributed by atoms with Crippen molar-refractivity contribution < 1.29 is 9.18 Å². The Bertz CT molecular complexity index is 1480. The number of halogens is 1. The summed E-state index contributed by atoms with van der Waals surface area (Å²) in [6.45, 7) is 1.02. The van der Waals surface area contributed by atoms with Crippen molar-refractivity contribution in [3.8, 4) is 0 Å². The molecule has 3 heterocycles. The molecule has 1 amide bonds. The molecule has 0 aliphatic carbocycles. The number of aromatic amines is 1. The first-order valence-electron chi connectivity index (χ1n) is 11.1. The van der Waals surface area contributed by atoms with E-state index in [9.17, 15) is 14.0 Å². The molecule has 0 bridgehead atoms. The highest BCUT2D eigenvalue weighted by molar-refractivity contribution is 5.97. The van der Waals surface area contributed by atoms with Crippen LogP contribution in [-0.4, -0.2) is 52.9 Å². The summed E-state index contributed by atoms with van der Waals surface area (Å²) in [6, 6.07) is 13.6. The number of rotatable bonds is 6. The number of fused-ring (bicyclic) bond motifs is 2. The third-order valence-corrected chi connectivity index (χ3v) is 5.73. The van der Waals surface area contributed by atoms with Gasteiger partial charge in [0.25, 0.3) is 5.56 Å². The fraction of sp³-hybridized carbons (Fsp3) is 0.200. The van der Waals surface area contributed by atoms with Crippen LogP contribution in [0.3, 0.4) is 0 Å². The Balaban J connectivity index is 1.33. The van der Waals surface area contributed by atoms with Gasteiger partial charge in [-0.2, -0.15) is 4.98 Å². The summed E-state index contributed by atoms with van der Waals surface area (Å²) in [6.07, 6.45) is 2.35. The number of aromatic nitrogens is 3. The Morgan fingerprint density at radius 1 is 1.17 bits per heavy atom. The molecule has 0 spiro atoms. The van der Waals surface area contributed by atoms with Gasteiger partial charge in [-0.25, -0.2) is 9.37 Å². The molecule has 0 saturated carbocycles. The molecule has 0 atom stereocenters. The number of carbonyl (C=O) groups excluding carboxylic acids is 1. The van der Waals surface area contributed by atoms with Crippen molar-refractivity contribution in [1.29, 1.82) is 0 Å². The molecule has 2 aromatic carbocycles. The van der Waals surface area contributed by atoms with Crippen molar-refractivity contribution in [2.75, 3.05) is 42.7 Å². The van der Waals surface area contributed by atoms with Crippen molar-refractivity contribution in [2.24, 2.45) is 0 Å². The molecule has 10 heteroatoms. The van der Waals surface area contributed by atoms with E-state index in [0.717, 1.165) is 23.4 Å². The molecule has 0 saturated heterocycles. The Morgan fingerprint density at radius 3 is 2.86 bits per heavy atom. The van der Waals surface area contributed by atoms with E-state index in [4.69, 9.17) is 0 Å². The average molecular weight is 474 g/mol. The minimum Gasteiger partial charge on any atom is -0.336 e. The number of carbonyl (C=O) groups is 1. The standard InChI is InChI=1S/C25H24FN7O2/c1-32(2)14-22(34)33-11-9-15-12-17(6-7-20(15)33)28-25-27-10-8-21(30-25)29-19-13-16-4-3-5-18(26)23(16)31-24(19)35/h3-8,10,12-13H,9,11,14H2,1-2H3,(H,31,35)(H2,27,28,29,30). The van der Waals surface area contributed by atoms with Gasteiger partial charge in [-0.1, -0.05) is 12.1 Å². The van der Waals surface area contributed by atoms with Gasteiger partial charge in [0.05, 0.1) is 12.1 Å². The normalized spacial score (nSPS) is 12.7. The van der Waals surface area contributed by atoms with E-state index in [1.807, 2.05) is 42.1 Å². The van der Waals surface area contributed by atoms with Gasteiger partial charge in [0.2, 0.25) is 11.9 Å². The predicted molar refractivity (Wildman–Crippen MR) is 134 cm³/mol. The van der Waals surface area contributed by atoms with Crippen LogP contribution in [0.1, 0.15) is 5.56 Å². The molecule has 35 heavy (non-hydrogen) atoms. The van der Waals surface area contributed by atoms with Crippen molar-refractivity contribution in [3.63, 3.8) is 0 Å². The molecule has 0 fully saturated rings. The lowest BCUT2D eigenvalue weighted by Crippen LogP contribution is -2.36. The van der Waals surface area contributed by atoms with E-state index < -0.39 is 11.4 Å². The quantitative estimate of drug-likeness (QED) is 0.394. The van der Waals surface area contributed by atoms with Gasteiger partial charge in [0, 0.05) is 29.5 Å². The molecule has 0 unspecified atom stereocenters. The number of amides is 1. The second kappa shape index (κ2) is 9.15. The zero-order chi connectivity index (χ0) is 24.5. The number of hydrogen-bond donors (Lipinski definition) is 3. The van der Waals surface area contributed by atoms with E-state index in [-0.39, 0.29) is 17.1 Å². The van der Waals surface area contributed by atoms with E-state index in [0.29, 0.717) is 30.2 Å². The number of nitrogens with one attached hydrogen (secondary N) is 3. The summed E-state index contributed by atoms with van der Waals surface area (Å²) in [5, 5.41) is 6.72. The minimum atomic E-state index is -0.487. The second-order valence-electron chi connectivity index (χ2n) is 8.61. The maximum absolute atomic E-state index is 13.9. The van der Waals surface area contributed by atoms with Crippen LogP contribution in [0.25, 0.3) is 10.9 Å². The predicted octanol–water partition coefficient (Wildman–Crippen LogP) is 3.40. The molecule has 0 radical (unpaired) electrons. The molecular weight excluding hydrogens is 449 g/mol. The van der Waals surface area contributed by atoms with Gasteiger partial charge in [0.15, 0.2) is 0 Å². The number of likely N-dealkylation sites (N-methyl/N-ethyl adjacent to an activating group) is 1. The monoisotopic (exact) mass is 473 g/mol. The lowest BCUT2D eigenvalue weighted by atomic mass is 10.1. The number of nitrogens with zero attached hydrogens (tertiary/aromatic N) is 4. The third-order valence-electron chi connectivity index (χ3n) is 5.73. The summed E-state index contributed by atoms with van der Waals surface area (Å²) >= 11 is 0. The maximum Gasteiger partial charge on any atom is 0.272 e. The fourth-order valence-corrected chi connectivity index (χ4v) is 4.14. The van der Waals surface area contributed by atoms with Crippen LogP contribution in [-0.2, 0) is 11.2 Å². The first-order valence-corrected chi connectivity index (χ1v) is 11.1. The lowest BCUT2D eigenvalue weighted by molar-refractivity contribution is -0.119. The number of pyridine rings is 1. The van der Waals surface area contributed by atoms with E-state index >= 15 is 0 Å². The van der Waals surface area contributed by atoms with Crippen LogP contribution in [0.4, 0.5) is 33.2 Å². The molecule has 9 nitrogen and oxygen atoms in total. The zero-order valence-corrected chi connectivity index (χ0v) is 19.3. The van der Waals surface area contributed by atoms with Crippen molar-refractivity contribution in [3.05, 3.63) is 76.5 Å². The van der Waals surface area contributed by atoms with Gasteiger partial charge in [-0.3, -0.25) is 9.59 Å². The van der Waals surface area contributed by atoms with Crippen LogP contribution in [0.15, 0.2) is 59.5 Å². The lowest BCUT2D eigenvalue weighted by Gasteiger charge is -2.20. The summed E-state index contributed by atoms with van der Waals surface area (Å²) in [7, 11) is 3.75. The smallest absolute Gasteiger partial charge is 0.272 e. The highest BCUT2D eigenvalue weighted by Gasteiger charge is 2.25. The number of anilines is 5. The van der Waals surface area contributed by atoms with Gasteiger partial charge in [-0.05, 0) is 62.5 Å². The second-order valence-corrected chi connectivity index (χ2v) is 8.61. The van der Waals surface area contributed by atoms with Gasteiger partial charge in [-0.15, -0.1) is 0 Å². The molecule has 178 valence electrons. The first-order chi connectivity index (χ1) is 16.9. The van der Waals surface area contributed by atoms with Gasteiger partial charge >= 0.3 is 0 Å². The van der Waals surface area contributed by atoms with Crippen molar-refractivity contribution >= 4 is 45.6 Å². The minimum absolute atomic E-state index is 0.0722. The van der Waals surface area contributed by atoms with E-state index in [1.54, 1.807) is 30.5 Å². The molecule has 2 aromatic heterocycles. The largest absolute Gasteiger partial charge is 0.336 e. The van der Waals surface area contributed by atoms with Crippen molar-refractivity contribution in [2.45, 2.75) is 6.42 Å². The molecule has 1 aliphatic rings. The fourth-order valence-electron chi connectivity index (χ4n) is 4.14. The van der Waals surface area contributed by atoms with E-state index in [1.165, 1.54) is 6.07 Å². The van der Waals surface area contributed by atoms with Crippen LogP contribution in [0.5, 0.6) is 0 Å². The summed E-state index contributed by atoms with van der Waals surface area (Å²) in [5.74, 6) is 0.337. The average Bonchev–Trinajstić information content (AvgIpc) is 3.24. The Labute approximate surface area is 200 Å². The highest BCUT2D eigenvalue weighted by atomic mass is 19.1.